The van der Waals surface area contributed by atoms with Crippen molar-refractivity contribution in [3.05, 3.63) is 72.9 Å². The van der Waals surface area contributed by atoms with E-state index in [0.717, 1.165) is 38.5 Å². The molecule has 3 N–H and O–H groups in total. The molecule has 37 heavy (non-hydrogen) atoms. The number of aliphatic hydroxyl groups is 2. The Hall–Kier alpha value is -2.70. The van der Waals surface area contributed by atoms with Crippen molar-refractivity contribution in [1.29, 1.82) is 0 Å². The van der Waals surface area contributed by atoms with Gasteiger partial charge in [-0.2, -0.15) is 0 Å². The van der Waals surface area contributed by atoms with Crippen LogP contribution < -0.4 is 5.32 Å². The summed E-state index contributed by atoms with van der Waals surface area (Å²) in [5.41, 5.74) is 0. The highest BCUT2D eigenvalue weighted by atomic mass is 16.6. The number of ether oxygens (including phenoxy) is 1. The Bertz CT molecular complexity index is 745. The average molecular weight is 516 g/mol. The van der Waals surface area contributed by atoms with Gasteiger partial charge in [0, 0.05) is 13.0 Å². The maximum Gasteiger partial charge on any atom is 0.309 e. The Labute approximate surface area is 224 Å². The number of rotatable bonds is 22. The number of hydrogen-bond acceptors (Lipinski definition) is 5. The Balaban J connectivity index is 3.82. The molecule has 1 atom stereocenters. The summed E-state index contributed by atoms with van der Waals surface area (Å²) >= 11 is 0. The van der Waals surface area contributed by atoms with Crippen molar-refractivity contribution in [2.75, 3.05) is 19.8 Å². The Morgan fingerprint density at radius 1 is 0.730 bits per heavy atom. The maximum atomic E-state index is 12.1. The number of nitrogens with one attached hydrogen (secondary N) is 1. The van der Waals surface area contributed by atoms with E-state index < -0.39 is 25.3 Å². The van der Waals surface area contributed by atoms with Gasteiger partial charge in [0.15, 0.2) is 0 Å². The van der Waals surface area contributed by atoms with Gasteiger partial charge >= 0.3 is 5.97 Å². The smallest absolute Gasteiger partial charge is 0.309 e. The molecule has 0 fully saturated rings. The fourth-order valence-corrected chi connectivity index (χ4v) is 3.21. The van der Waals surface area contributed by atoms with Gasteiger partial charge in [0.25, 0.3) is 0 Å². The van der Waals surface area contributed by atoms with Crippen LogP contribution in [0, 0.1) is 5.92 Å². The summed E-state index contributed by atoms with van der Waals surface area (Å²) in [7, 11) is 0. The molecule has 0 radical (unpaired) electrons. The van der Waals surface area contributed by atoms with E-state index in [-0.39, 0.29) is 11.8 Å². The topological polar surface area (TPSA) is 95.9 Å². The fraction of sp³-hybridized carbons (Fsp3) is 0.548. The lowest BCUT2D eigenvalue weighted by Crippen LogP contribution is -2.32. The van der Waals surface area contributed by atoms with Crippen LogP contribution in [0.3, 0.4) is 0 Å². The van der Waals surface area contributed by atoms with Gasteiger partial charge in [0.1, 0.15) is 6.10 Å². The normalized spacial score (nSPS) is 13.4. The van der Waals surface area contributed by atoms with Gasteiger partial charge in [-0.25, -0.2) is 0 Å². The lowest BCUT2D eigenvalue weighted by Gasteiger charge is -2.18. The predicted octanol–water partition coefficient (Wildman–Crippen LogP) is 5.89. The van der Waals surface area contributed by atoms with Crippen LogP contribution in [0.2, 0.25) is 0 Å². The van der Waals surface area contributed by atoms with E-state index in [1.165, 1.54) is 0 Å². The third kappa shape index (κ3) is 22.2. The number of carbonyl (C=O) groups excluding carboxylic acids is 2. The molecule has 0 saturated heterocycles. The minimum atomic E-state index is -0.891. The van der Waals surface area contributed by atoms with Crippen molar-refractivity contribution in [2.45, 2.75) is 84.2 Å². The van der Waals surface area contributed by atoms with Gasteiger partial charge in [-0.05, 0) is 57.8 Å². The van der Waals surface area contributed by atoms with Crippen LogP contribution in [0.1, 0.15) is 78.1 Å². The number of esters is 1. The molecule has 0 aromatic heterocycles. The first-order valence-corrected chi connectivity index (χ1v) is 13.7. The Kier molecular flexibility index (Phi) is 24.4. The summed E-state index contributed by atoms with van der Waals surface area (Å²) in [5, 5.41) is 20.9. The summed E-state index contributed by atoms with van der Waals surface area (Å²) in [6.07, 6.45) is 32.8. The molecule has 1 amide bonds. The third-order valence-electron chi connectivity index (χ3n) is 5.47. The van der Waals surface area contributed by atoms with E-state index in [0.29, 0.717) is 32.2 Å². The Morgan fingerprint density at radius 3 is 1.62 bits per heavy atom. The van der Waals surface area contributed by atoms with Crippen LogP contribution in [-0.4, -0.2) is 48.0 Å². The second-order valence-electron chi connectivity index (χ2n) is 8.62. The standard InChI is InChI=1S/C31H49NO5/c1-3-5-6-7-8-9-10-11-12-13-14-15-16-17-18-19-20-21-22-23-30(35)32-25-24-28(4-2)31(36)37-29(26-33)27-34/h5-6,8-9,11-12,14-15,17-18,20-21,28-29,33-34H,3-4,7,10,13,16,19,22-27H2,1-2H3,(H,32,35)/b6-5-,9-8-,12-11-,15-14-,18-17-,21-20-. The highest BCUT2D eigenvalue weighted by Gasteiger charge is 2.21. The van der Waals surface area contributed by atoms with Crippen LogP contribution in [0.5, 0.6) is 0 Å². The first kappa shape index (κ1) is 34.3. The zero-order chi connectivity index (χ0) is 27.4. The zero-order valence-electron chi connectivity index (χ0n) is 22.9. The summed E-state index contributed by atoms with van der Waals surface area (Å²) < 4.78 is 5.06. The highest BCUT2D eigenvalue weighted by molar-refractivity contribution is 5.76. The van der Waals surface area contributed by atoms with Crippen molar-refractivity contribution in [3.8, 4) is 0 Å². The molecule has 0 aliphatic rings. The molecular weight excluding hydrogens is 466 g/mol. The molecule has 6 heteroatoms. The summed E-state index contributed by atoms with van der Waals surface area (Å²) in [4.78, 5) is 24.0. The van der Waals surface area contributed by atoms with E-state index in [2.05, 4.69) is 79.1 Å². The molecule has 1 unspecified atom stereocenters. The number of hydrogen-bond donors (Lipinski definition) is 3. The minimum absolute atomic E-state index is 0.0497. The molecule has 0 bridgehead atoms. The van der Waals surface area contributed by atoms with Gasteiger partial charge < -0.3 is 20.3 Å². The first-order valence-electron chi connectivity index (χ1n) is 13.7. The lowest BCUT2D eigenvalue weighted by molar-refractivity contribution is -0.158. The van der Waals surface area contributed by atoms with Crippen molar-refractivity contribution in [2.24, 2.45) is 5.92 Å². The molecule has 0 saturated carbocycles. The number of aliphatic hydroxyl groups excluding tert-OH is 2. The van der Waals surface area contributed by atoms with Gasteiger partial charge in [-0.3, -0.25) is 9.59 Å². The highest BCUT2D eigenvalue weighted by Crippen LogP contribution is 2.11. The third-order valence-corrected chi connectivity index (χ3v) is 5.47. The molecule has 0 aliphatic heterocycles. The van der Waals surface area contributed by atoms with Gasteiger partial charge in [-0.1, -0.05) is 86.8 Å². The summed E-state index contributed by atoms with van der Waals surface area (Å²) in [5.74, 6) is -0.876. The lowest BCUT2D eigenvalue weighted by atomic mass is 10.0. The van der Waals surface area contributed by atoms with E-state index >= 15 is 0 Å². The predicted molar refractivity (Wildman–Crippen MR) is 153 cm³/mol. The van der Waals surface area contributed by atoms with E-state index in [9.17, 15) is 9.59 Å². The molecular formula is C31H49NO5. The van der Waals surface area contributed by atoms with Crippen LogP contribution in [0.15, 0.2) is 72.9 Å². The molecule has 0 aliphatic carbocycles. The van der Waals surface area contributed by atoms with Crippen LogP contribution in [0.4, 0.5) is 0 Å². The zero-order valence-corrected chi connectivity index (χ0v) is 22.9. The van der Waals surface area contributed by atoms with Crippen molar-refractivity contribution >= 4 is 11.9 Å². The van der Waals surface area contributed by atoms with Gasteiger partial charge in [-0.15, -0.1) is 0 Å². The fourth-order valence-electron chi connectivity index (χ4n) is 3.21. The SMILES string of the molecule is CC/C=C\C/C=C\C/C=C\C/C=C\C/C=C\C/C=C\CCC(=O)NCCC(CC)C(=O)OC(CO)CO. The molecule has 0 aromatic rings. The monoisotopic (exact) mass is 515 g/mol. The van der Waals surface area contributed by atoms with Crippen molar-refractivity contribution < 1.29 is 24.5 Å². The van der Waals surface area contributed by atoms with Crippen LogP contribution in [-0.2, 0) is 14.3 Å². The summed E-state index contributed by atoms with van der Waals surface area (Å²) in [6, 6.07) is 0. The molecule has 6 nitrogen and oxygen atoms in total. The molecule has 208 valence electrons. The maximum absolute atomic E-state index is 12.1. The molecule has 0 aromatic carbocycles. The first-order chi connectivity index (χ1) is 18.1. The second kappa shape index (κ2) is 26.4. The van der Waals surface area contributed by atoms with E-state index in [1.54, 1.807) is 0 Å². The molecule has 0 heterocycles. The van der Waals surface area contributed by atoms with Crippen LogP contribution >= 0.6 is 0 Å². The molecule has 0 rings (SSSR count). The Morgan fingerprint density at radius 2 is 1.19 bits per heavy atom. The van der Waals surface area contributed by atoms with Gasteiger partial charge in [0.05, 0.1) is 19.1 Å². The largest absolute Gasteiger partial charge is 0.457 e. The van der Waals surface area contributed by atoms with E-state index in [1.807, 2.05) is 13.0 Å². The van der Waals surface area contributed by atoms with Crippen molar-refractivity contribution in [1.82, 2.24) is 5.32 Å². The second-order valence-corrected chi connectivity index (χ2v) is 8.62. The van der Waals surface area contributed by atoms with Crippen LogP contribution in [0.25, 0.3) is 0 Å². The van der Waals surface area contributed by atoms with E-state index in [4.69, 9.17) is 14.9 Å². The molecule has 0 spiro atoms. The average Bonchev–Trinajstić information content (AvgIpc) is 2.90. The summed E-state index contributed by atoms with van der Waals surface area (Å²) in [6.45, 7) is 3.57. The number of carbonyl (C=O) groups is 2. The number of amides is 1. The van der Waals surface area contributed by atoms with Gasteiger partial charge in [0.2, 0.25) is 5.91 Å². The quantitative estimate of drug-likeness (QED) is 0.123. The van der Waals surface area contributed by atoms with Crippen molar-refractivity contribution in [3.63, 3.8) is 0 Å². The number of allylic oxidation sites excluding steroid dienone is 12. The minimum Gasteiger partial charge on any atom is -0.457 e.